The Bertz CT molecular complexity index is 520. The number of benzene rings is 1. The van der Waals surface area contributed by atoms with Crippen LogP contribution in [0.2, 0.25) is 0 Å². The summed E-state index contributed by atoms with van der Waals surface area (Å²) in [5.41, 5.74) is 0.125. The minimum absolute atomic E-state index is 0.270. The first kappa shape index (κ1) is 17.9. The van der Waals surface area contributed by atoms with Gasteiger partial charge in [0.05, 0.1) is 0 Å². The lowest BCUT2D eigenvalue weighted by molar-refractivity contribution is 0.240. The molecule has 118 valence electrons. The summed E-state index contributed by atoms with van der Waals surface area (Å²) in [4.78, 5) is 0. The molecule has 0 heterocycles. The maximum absolute atomic E-state index is 11.1. The number of sulfone groups is 1. The van der Waals surface area contributed by atoms with Crippen LogP contribution in [0.15, 0.2) is 42.5 Å². The summed E-state index contributed by atoms with van der Waals surface area (Å²) in [6.07, 6.45) is 9.35. The van der Waals surface area contributed by atoms with Crippen molar-refractivity contribution in [2.45, 2.75) is 44.5 Å². The zero-order chi connectivity index (χ0) is 15.7. The lowest BCUT2D eigenvalue weighted by Gasteiger charge is -2.07. The molecule has 1 unspecified atom stereocenters. The molecule has 0 aliphatic carbocycles. The second-order valence-corrected chi connectivity index (χ2v) is 7.85. The predicted octanol–water partition coefficient (Wildman–Crippen LogP) is 3.34. The van der Waals surface area contributed by atoms with Gasteiger partial charge in [0, 0.05) is 6.26 Å². The SMILES string of the molecule is CC(/C=C/CC[C@H](O)S(C)(=O)=O)CCCc1ccccc1. The van der Waals surface area contributed by atoms with Crippen molar-refractivity contribution in [1.29, 1.82) is 0 Å². The van der Waals surface area contributed by atoms with E-state index in [2.05, 4.69) is 37.3 Å². The van der Waals surface area contributed by atoms with Gasteiger partial charge in [-0.25, -0.2) is 8.42 Å². The van der Waals surface area contributed by atoms with Crippen molar-refractivity contribution in [1.82, 2.24) is 0 Å². The largest absolute Gasteiger partial charge is 0.377 e. The highest BCUT2D eigenvalue weighted by Crippen LogP contribution is 2.13. The van der Waals surface area contributed by atoms with Crippen LogP contribution >= 0.6 is 0 Å². The van der Waals surface area contributed by atoms with Gasteiger partial charge in [-0.15, -0.1) is 0 Å². The standard InChI is InChI=1S/C17H26O3S/c1-15(9-6-7-14-17(18)21(2,19)20)10-8-13-16-11-4-3-5-12-16/h3-6,9,11-12,15,17-18H,7-8,10,13-14H2,1-2H3/b9-6+/t15?,17-/m1/s1. The third-order valence-electron chi connectivity index (χ3n) is 3.51. The average Bonchev–Trinajstić information content (AvgIpc) is 2.43. The highest BCUT2D eigenvalue weighted by Gasteiger charge is 2.15. The van der Waals surface area contributed by atoms with Crippen LogP contribution in [-0.2, 0) is 16.3 Å². The van der Waals surface area contributed by atoms with Crippen LogP contribution in [0.25, 0.3) is 0 Å². The molecule has 0 saturated heterocycles. The van der Waals surface area contributed by atoms with Gasteiger partial charge in [-0.2, -0.15) is 0 Å². The van der Waals surface area contributed by atoms with Crippen molar-refractivity contribution in [3.05, 3.63) is 48.0 Å². The Balaban J connectivity index is 2.18. The Morgan fingerprint density at radius 1 is 1.19 bits per heavy atom. The molecule has 21 heavy (non-hydrogen) atoms. The molecule has 0 aliphatic rings. The second-order valence-electron chi connectivity index (χ2n) is 5.64. The van der Waals surface area contributed by atoms with E-state index in [9.17, 15) is 13.5 Å². The maximum atomic E-state index is 11.1. The predicted molar refractivity (Wildman–Crippen MR) is 87.8 cm³/mol. The van der Waals surface area contributed by atoms with Crippen LogP contribution < -0.4 is 0 Å². The monoisotopic (exact) mass is 310 g/mol. The second kappa shape index (κ2) is 9.00. The molecular formula is C17H26O3S. The summed E-state index contributed by atoms with van der Waals surface area (Å²) in [5, 5.41) is 9.40. The fourth-order valence-corrected chi connectivity index (χ4v) is 2.71. The number of allylic oxidation sites excluding steroid dienone is 2. The number of aliphatic hydroxyl groups is 1. The van der Waals surface area contributed by atoms with E-state index in [1.54, 1.807) is 0 Å². The van der Waals surface area contributed by atoms with Crippen LogP contribution in [-0.4, -0.2) is 25.2 Å². The molecule has 0 aromatic heterocycles. The van der Waals surface area contributed by atoms with E-state index in [1.165, 1.54) is 5.56 Å². The minimum atomic E-state index is -3.33. The molecule has 1 N–H and O–H groups in total. The summed E-state index contributed by atoms with van der Waals surface area (Å²) >= 11 is 0. The van der Waals surface area contributed by atoms with E-state index in [0.29, 0.717) is 12.3 Å². The summed E-state index contributed by atoms with van der Waals surface area (Å²) in [7, 11) is -3.33. The Morgan fingerprint density at radius 2 is 1.86 bits per heavy atom. The van der Waals surface area contributed by atoms with E-state index >= 15 is 0 Å². The molecule has 0 bridgehead atoms. The Hall–Kier alpha value is -1.13. The molecule has 0 amide bonds. The zero-order valence-corrected chi connectivity index (χ0v) is 13.7. The highest BCUT2D eigenvalue weighted by molar-refractivity contribution is 7.91. The van der Waals surface area contributed by atoms with Gasteiger partial charge in [-0.1, -0.05) is 49.4 Å². The molecule has 2 atom stereocenters. The first-order valence-corrected chi connectivity index (χ1v) is 9.42. The normalized spacial score (nSPS) is 15.2. The minimum Gasteiger partial charge on any atom is -0.377 e. The van der Waals surface area contributed by atoms with E-state index in [1.807, 2.05) is 12.1 Å². The van der Waals surface area contributed by atoms with Gasteiger partial charge >= 0.3 is 0 Å². The lowest BCUT2D eigenvalue weighted by atomic mass is 10.0. The van der Waals surface area contributed by atoms with Gasteiger partial charge in [0.15, 0.2) is 15.3 Å². The average molecular weight is 310 g/mol. The molecule has 1 rings (SSSR count). The van der Waals surface area contributed by atoms with Gasteiger partial charge in [0.2, 0.25) is 0 Å². The molecule has 0 fully saturated rings. The number of aliphatic hydroxyl groups excluding tert-OH is 1. The molecule has 0 aliphatic heterocycles. The van der Waals surface area contributed by atoms with Crippen LogP contribution in [0.4, 0.5) is 0 Å². The van der Waals surface area contributed by atoms with Crippen molar-refractivity contribution < 1.29 is 13.5 Å². The van der Waals surface area contributed by atoms with Crippen LogP contribution in [0.1, 0.15) is 38.2 Å². The smallest absolute Gasteiger partial charge is 0.173 e. The molecule has 1 aromatic rings. The Labute approximate surface area is 128 Å². The van der Waals surface area contributed by atoms with E-state index in [4.69, 9.17) is 0 Å². The van der Waals surface area contributed by atoms with Gasteiger partial charge in [-0.05, 0) is 43.6 Å². The van der Waals surface area contributed by atoms with E-state index in [-0.39, 0.29) is 6.42 Å². The van der Waals surface area contributed by atoms with E-state index < -0.39 is 15.3 Å². The zero-order valence-electron chi connectivity index (χ0n) is 12.9. The Morgan fingerprint density at radius 3 is 2.48 bits per heavy atom. The summed E-state index contributed by atoms with van der Waals surface area (Å²) in [6, 6.07) is 10.4. The quantitative estimate of drug-likeness (QED) is 0.712. The van der Waals surface area contributed by atoms with Crippen LogP contribution in [0.3, 0.4) is 0 Å². The van der Waals surface area contributed by atoms with Gasteiger partial charge in [-0.3, -0.25) is 0 Å². The highest BCUT2D eigenvalue weighted by atomic mass is 32.2. The number of rotatable bonds is 9. The fraction of sp³-hybridized carbons (Fsp3) is 0.529. The van der Waals surface area contributed by atoms with Crippen LogP contribution in [0.5, 0.6) is 0 Å². The van der Waals surface area contributed by atoms with Gasteiger partial charge < -0.3 is 5.11 Å². The first-order chi connectivity index (χ1) is 9.89. The molecule has 3 nitrogen and oxygen atoms in total. The van der Waals surface area contributed by atoms with Crippen molar-refractivity contribution >= 4 is 9.84 Å². The third kappa shape index (κ3) is 8.02. The lowest BCUT2D eigenvalue weighted by Crippen LogP contribution is -2.18. The molecule has 0 spiro atoms. The molecule has 0 saturated carbocycles. The van der Waals surface area contributed by atoms with Crippen molar-refractivity contribution in [2.75, 3.05) is 6.26 Å². The first-order valence-electron chi connectivity index (χ1n) is 7.47. The molecule has 0 radical (unpaired) electrons. The number of hydrogen-bond acceptors (Lipinski definition) is 3. The molecular weight excluding hydrogens is 284 g/mol. The summed E-state index contributed by atoms with van der Waals surface area (Å²) in [6.45, 7) is 2.16. The van der Waals surface area contributed by atoms with Crippen LogP contribution in [0, 0.1) is 5.92 Å². The topological polar surface area (TPSA) is 54.4 Å². The number of aryl methyl sites for hydroxylation is 1. The Kier molecular flexibility index (Phi) is 7.68. The van der Waals surface area contributed by atoms with Crippen molar-refractivity contribution in [3.63, 3.8) is 0 Å². The molecule has 1 aromatic carbocycles. The fourth-order valence-electron chi connectivity index (χ4n) is 2.15. The van der Waals surface area contributed by atoms with Crippen molar-refractivity contribution in [3.8, 4) is 0 Å². The van der Waals surface area contributed by atoms with E-state index in [0.717, 1.165) is 25.5 Å². The summed E-state index contributed by atoms with van der Waals surface area (Å²) < 4.78 is 22.1. The molecule has 4 heteroatoms. The van der Waals surface area contributed by atoms with Crippen molar-refractivity contribution in [2.24, 2.45) is 5.92 Å². The summed E-state index contributed by atoms with van der Waals surface area (Å²) in [5.74, 6) is 0.476. The van der Waals surface area contributed by atoms with Gasteiger partial charge in [0.1, 0.15) is 0 Å². The maximum Gasteiger partial charge on any atom is 0.173 e. The number of hydrogen-bond donors (Lipinski definition) is 1. The third-order valence-corrected chi connectivity index (χ3v) is 4.73. The van der Waals surface area contributed by atoms with Gasteiger partial charge in [0.25, 0.3) is 0 Å².